The molecule has 1 atom stereocenters. The highest BCUT2D eigenvalue weighted by atomic mass is 35.5. The van der Waals surface area contributed by atoms with Crippen molar-refractivity contribution in [1.82, 2.24) is 24.9 Å². The van der Waals surface area contributed by atoms with Crippen molar-refractivity contribution in [2.75, 3.05) is 19.0 Å². The molecule has 3 heterocycles. The first-order valence-corrected chi connectivity index (χ1v) is 10.5. The van der Waals surface area contributed by atoms with E-state index in [-0.39, 0.29) is 12.4 Å². The van der Waals surface area contributed by atoms with Crippen LogP contribution in [0.4, 0.5) is 5.82 Å². The minimum Gasteiger partial charge on any atom is -0.480 e. The summed E-state index contributed by atoms with van der Waals surface area (Å²) in [7, 11) is 1.45. The van der Waals surface area contributed by atoms with Gasteiger partial charge in [0, 0.05) is 35.7 Å². The highest BCUT2D eigenvalue weighted by Gasteiger charge is 2.19. The van der Waals surface area contributed by atoms with Crippen molar-refractivity contribution in [1.29, 1.82) is 5.26 Å². The SMILES string of the molecule is COc1nc(NCC(N)c2ncc(-c3ncc[nH]3)c(-c3ccc(Cl)cc3Cl)n2)ccc1C#N. The van der Waals surface area contributed by atoms with Gasteiger partial charge >= 0.3 is 0 Å². The highest BCUT2D eigenvalue weighted by molar-refractivity contribution is 6.36. The predicted octanol–water partition coefficient (Wildman–Crippen LogP) is 4.23. The van der Waals surface area contributed by atoms with Crippen molar-refractivity contribution < 1.29 is 4.74 Å². The number of halogens is 2. The quantitative estimate of drug-likeness (QED) is 0.357. The van der Waals surface area contributed by atoms with Crippen molar-refractivity contribution in [3.8, 4) is 34.6 Å². The van der Waals surface area contributed by atoms with Crippen molar-refractivity contribution in [2.45, 2.75) is 6.04 Å². The zero-order chi connectivity index (χ0) is 23.4. The van der Waals surface area contributed by atoms with Crippen LogP contribution < -0.4 is 15.8 Å². The number of rotatable bonds is 7. The Morgan fingerprint density at radius 1 is 1.18 bits per heavy atom. The maximum atomic E-state index is 9.10. The van der Waals surface area contributed by atoms with Gasteiger partial charge in [0.2, 0.25) is 5.88 Å². The van der Waals surface area contributed by atoms with Gasteiger partial charge in [-0.05, 0) is 30.3 Å². The van der Waals surface area contributed by atoms with E-state index in [4.69, 9.17) is 43.9 Å². The number of hydrogen-bond donors (Lipinski definition) is 3. The van der Waals surface area contributed by atoms with Gasteiger partial charge in [-0.2, -0.15) is 10.2 Å². The number of nitrogens with zero attached hydrogens (tertiary/aromatic N) is 5. The molecule has 0 aliphatic rings. The lowest BCUT2D eigenvalue weighted by Crippen LogP contribution is -2.23. The Bertz CT molecular complexity index is 1320. The molecule has 0 amide bonds. The second kappa shape index (κ2) is 9.83. The third kappa shape index (κ3) is 4.88. The van der Waals surface area contributed by atoms with Crippen LogP contribution in [0.2, 0.25) is 10.0 Å². The Morgan fingerprint density at radius 3 is 2.73 bits per heavy atom. The molecule has 0 radical (unpaired) electrons. The summed E-state index contributed by atoms with van der Waals surface area (Å²) in [6.07, 6.45) is 5.01. The second-order valence-electron chi connectivity index (χ2n) is 6.90. The summed E-state index contributed by atoms with van der Waals surface area (Å²) >= 11 is 12.5. The van der Waals surface area contributed by atoms with Gasteiger partial charge in [-0.1, -0.05) is 23.2 Å². The topological polar surface area (TPSA) is 138 Å². The fourth-order valence-corrected chi connectivity index (χ4v) is 3.63. The molecule has 0 saturated carbocycles. The molecule has 1 aromatic carbocycles. The van der Waals surface area contributed by atoms with Crippen LogP contribution in [0.25, 0.3) is 22.6 Å². The summed E-state index contributed by atoms with van der Waals surface area (Å²) in [5.74, 6) is 1.74. The van der Waals surface area contributed by atoms with Crippen LogP contribution in [-0.2, 0) is 0 Å². The van der Waals surface area contributed by atoms with Crippen molar-refractivity contribution in [2.24, 2.45) is 5.73 Å². The van der Waals surface area contributed by atoms with E-state index in [9.17, 15) is 0 Å². The number of methoxy groups -OCH3 is 1. The standard InChI is InChI=1S/C22H18Cl2N8O/c1-33-22-12(9-25)2-5-18(31-22)29-11-17(26)21-30-10-15(20-27-6-7-28-20)19(32-21)14-4-3-13(23)8-16(14)24/h2-8,10,17H,11,26H2,1H3,(H,27,28)(H,29,31). The number of ether oxygens (including phenoxy) is 1. The molecule has 166 valence electrons. The van der Waals surface area contributed by atoms with Crippen LogP contribution in [0.5, 0.6) is 5.88 Å². The van der Waals surface area contributed by atoms with Crippen LogP contribution in [0, 0.1) is 11.3 Å². The second-order valence-corrected chi connectivity index (χ2v) is 7.75. The molecule has 0 bridgehead atoms. The number of nitriles is 1. The van der Waals surface area contributed by atoms with Crippen LogP contribution in [0.3, 0.4) is 0 Å². The summed E-state index contributed by atoms with van der Waals surface area (Å²) in [5.41, 5.74) is 8.64. The molecule has 0 spiro atoms. The smallest absolute Gasteiger partial charge is 0.233 e. The number of nitrogens with one attached hydrogen (secondary N) is 2. The van der Waals surface area contributed by atoms with Gasteiger partial charge in [-0.3, -0.25) is 0 Å². The molecule has 4 rings (SSSR count). The van der Waals surface area contributed by atoms with Gasteiger partial charge in [0.05, 0.1) is 29.4 Å². The third-order valence-corrected chi connectivity index (χ3v) is 5.30. The number of aromatic amines is 1. The average Bonchev–Trinajstić information content (AvgIpc) is 3.37. The lowest BCUT2D eigenvalue weighted by Gasteiger charge is -2.16. The van der Waals surface area contributed by atoms with Gasteiger partial charge in [-0.25, -0.2) is 15.0 Å². The fourth-order valence-electron chi connectivity index (χ4n) is 3.13. The lowest BCUT2D eigenvalue weighted by molar-refractivity contribution is 0.397. The first kappa shape index (κ1) is 22.5. The first-order chi connectivity index (χ1) is 16.0. The number of benzene rings is 1. The number of pyridine rings is 1. The summed E-state index contributed by atoms with van der Waals surface area (Å²) in [6, 6.07) is 9.93. The van der Waals surface area contributed by atoms with E-state index in [0.717, 1.165) is 0 Å². The van der Waals surface area contributed by atoms with E-state index >= 15 is 0 Å². The maximum absolute atomic E-state index is 9.10. The predicted molar refractivity (Wildman–Crippen MR) is 126 cm³/mol. The molecule has 0 aliphatic heterocycles. The van der Waals surface area contributed by atoms with E-state index in [1.165, 1.54) is 7.11 Å². The van der Waals surface area contributed by atoms with Gasteiger partial charge in [0.1, 0.15) is 29.1 Å². The molecular weight excluding hydrogens is 463 g/mol. The van der Waals surface area contributed by atoms with Crippen LogP contribution >= 0.6 is 23.2 Å². The third-order valence-electron chi connectivity index (χ3n) is 4.76. The Morgan fingerprint density at radius 2 is 2.03 bits per heavy atom. The number of aromatic nitrogens is 5. The molecule has 0 fully saturated rings. The van der Waals surface area contributed by atoms with Crippen LogP contribution in [0.15, 0.2) is 48.9 Å². The number of anilines is 1. The number of imidazole rings is 1. The lowest BCUT2D eigenvalue weighted by atomic mass is 10.1. The molecule has 9 nitrogen and oxygen atoms in total. The zero-order valence-corrected chi connectivity index (χ0v) is 18.9. The molecule has 3 aromatic heterocycles. The highest BCUT2D eigenvalue weighted by Crippen LogP contribution is 2.35. The summed E-state index contributed by atoms with van der Waals surface area (Å²) in [6.45, 7) is 0.288. The van der Waals surface area contributed by atoms with Crippen molar-refractivity contribution in [3.05, 3.63) is 70.4 Å². The van der Waals surface area contributed by atoms with Crippen LogP contribution in [-0.4, -0.2) is 38.6 Å². The Kier molecular flexibility index (Phi) is 6.70. The normalized spacial score (nSPS) is 11.6. The van der Waals surface area contributed by atoms with E-state index in [1.807, 2.05) is 6.07 Å². The minimum atomic E-state index is -0.566. The van der Waals surface area contributed by atoms with Gasteiger partial charge in [0.15, 0.2) is 0 Å². The number of H-pyrrole nitrogens is 1. The van der Waals surface area contributed by atoms with E-state index in [0.29, 0.717) is 49.9 Å². The first-order valence-electron chi connectivity index (χ1n) is 9.77. The van der Waals surface area contributed by atoms with Gasteiger partial charge < -0.3 is 20.8 Å². The van der Waals surface area contributed by atoms with E-state index < -0.39 is 6.04 Å². The summed E-state index contributed by atoms with van der Waals surface area (Å²) < 4.78 is 5.14. The molecule has 4 N–H and O–H groups in total. The fraction of sp³-hybridized carbons (Fsp3) is 0.136. The molecule has 11 heteroatoms. The molecule has 0 aliphatic carbocycles. The maximum Gasteiger partial charge on any atom is 0.233 e. The number of hydrogen-bond acceptors (Lipinski definition) is 8. The van der Waals surface area contributed by atoms with E-state index in [2.05, 4.69) is 25.3 Å². The Balaban J connectivity index is 1.64. The largest absolute Gasteiger partial charge is 0.480 e. The van der Waals surface area contributed by atoms with E-state index in [1.54, 1.807) is 48.9 Å². The van der Waals surface area contributed by atoms with Crippen LogP contribution in [0.1, 0.15) is 17.4 Å². The molecule has 4 aromatic rings. The summed E-state index contributed by atoms with van der Waals surface area (Å²) in [4.78, 5) is 20.8. The Hall–Kier alpha value is -3.71. The molecule has 1 unspecified atom stereocenters. The number of nitrogens with two attached hydrogens (primary N) is 1. The minimum absolute atomic E-state index is 0.231. The monoisotopic (exact) mass is 480 g/mol. The van der Waals surface area contributed by atoms with Gasteiger partial charge in [-0.15, -0.1) is 0 Å². The van der Waals surface area contributed by atoms with Crippen molar-refractivity contribution >= 4 is 29.0 Å². The molecular formula is C22H18Cl2N8O. The molecule has 0 saturated heterocycles. The van der Waals surface area contributed by atoms with Crippen molar-refractivity contribution in [3.63, 3.8) is 0 Å². The zero-order valence-electron chi connectivity index (χ0n) is 17.4. The average molecular weight is 481 g/mol. The van der Waals surface area contributed by atoms with Gasteiger partial charge in [0.25, 0.3) is 0 Å². The Labute approximate surface area is 199 Å². The molecule has 33 heavy (non-hydrogen) atoms. The summed E-state index contributed by atoms with van der Waals surface area (Å²) in [5, 5.41) is 13.2.